The summed E-state index contributed by atoms with van der Waals surface area (Å²) in [5, 5.41) is 19.4. The van der Waals surface area contributed by atoms with Crippen molar-refractivity contribution in [2.75, 3.05) is 32.8 Å². The highest BCUT2D eigenvalue weighted by molar-refractivity contribution is 5.78. The normalized spacial score (nSPS) is 27.8. The zero-order valence-corrected chi connectivity index (χ0v) is 10.9. The maximum Gasteiger partial charge on any atom is 0.222 e. The van der Waals surface area contributed by atoms with E-state index in [2.05, 4.69) is 4.90 Å². The van der Waals surface area contributed by atoms with E-state index in [1.54, 1.807) is 4.90 Å². The molecular weight excluding hydrogens is 232 g/mol. The number of aliphatic hydroxyl groups is 2. The first kappa shape index (κ1) is 13.8. The van der Waals surface area contributed by atoms with Gasteiger partial charge in [0.05, 0.1) is 12.7 Å². The number of piperidine rings is 1. The smallest absolute Gasteiger partial charge is 0.222 e. The van der Waals surface area contributed by atoms with Crippen LogP contribution in [0.2, 0.25) is 0 Å². The Hall–Kier alpha value is -0.650. The average molecular weight is 256 g/mol. The second-order valence-corrected chi connectivity index (χ2v) is 5.42. The van der Waals surface area contributed by atoms with Crippen LogP contribution in [0.15, 0.2) is 0 Å². The number of carbonyl (C=O) groups is 1. The zero-order valence-electron chi connectivity index (χ0n) is 10.9. The summed E-state index contributed by atoms with van der Waals surface area (Å²) in [6.45, 7) is 2.88. The highest BCUT2D eigenvalue weighted by Crippen LogP contribution is 2.17. The van der Waals surface area contributed by atoms with Gasteiger partial charge in [-0.15, -0.1) is 0 Å². The molecule has 1 amide bonds. The van der Waals surface area contributed by atoms with Crippen molar-refractivity contribution in [2.24, 2.45) is 0 Å². The Kier molecular flexibility index (Phi) is 4.97. The molecule has 2 heterocycles. The van der Waals surface area contributed by atoms with Gasteiger partial charge in [0.25, 0.3) is 0 Å². The molecule has 0 spiro atoms. The molecule has 5 nitrogen and oxygen atoms in total. The fraction of sp³-hybridized carbons (Fsp3) is 0.923. The summed E-state index contributed by atoms with van der Waals surface area (Å²) in [6.07, 6.45) is 4.32. The van der Waals surface area contributed by atoms with E-state index in [0.717, 1.165) is 38.8 Å². The maximum atomic E-state index is 11.5. The van der Waals surface area contributed by atoms with Crippen molar-refractivity contribution in [3.63, 3.8) is 0 Å². The number of rotatable bonds is 5. The lowest BCUT2D eigenvalue weighted by atomic mass is 10.0. The number of β-amino-alcohol motifs (C(OH)–C–C–N with tert-alkyl or cyclic N) is 1. The Morgan fingerprint density at radius 2 is 2.06 bits per heavy atom. The van der Waals surface area contributed by atoms with Crippen LogP contribution in [0.1, 0.15) is 32.1 Å². The first-order valence-electron chi connectivity index (χ1n) is 7.01. The summed E-state index contributed by atoms with van der Waals surface area (Å²) in [6, 6.07) is 0.183. The lowest BCUT2D eigenvalue weighted by molar-refractivity contribution is -0.129. The molecule has 0 aromatic heterocycles. The van der Waals surface area contributed by atoms with Crippen LogP contribution in [0.4, 0.5) is 0 Å². The number of amides is 1. The molecule has 2 aliphatic rings. The quantitative estimate of drug-likeness (QED) is 0.716. The predicted octanol–water partition coefficient (Wildman–Crippen LogP) is -0.183. The van der Waals surface area contributed by atoms with Gasteiger partial charge in [0.1, 0.15) is 0 Å². The molecule has 0 radical (unpaired) electrons. The van der Waals surface area contributed by atoms with E-state index < -0.39 is 6.10 Å². The number of hydrogen-bond donors (Lipinski definition) is 2. The van der Waals surface area contributed by atoms with Crippen molar-refractivity contribution < 1.29 is 15.0 Å². The molecule has 18 heavy (non-hydrogen) atoms. The second-order valence-electron chi connectivity index (χ2n) is 5.42. The van der Waals surface area contributed by atoms with Gasteiger partial charge in [0.15, 0.2) is 0 Å². The molecule has 0 saturated carbocycles. The number of aliphatic hydroxyl groups excluding tert-OH is 2. The number of hydrogen-bond acceptors (Lipinski definition) is 4. The number of carbonyl (C=O) groups excluding carboxylic acids is 1. The molecule has 0 aromatic carbocycles. The monoisotopic (exact) mass is 256 g/mol. The van der Waals surface area contributed by atoms with Gasteiger partial charge in [-0.2, -0.15) is 0 Å². The molecule has 2 rings (SSSR count). The van der Waals surface area contributed by atoms with Crippen LogP contribution < -0.4 is 0 Å². The first-order valence-corrected chi connectivity index (χ1v) is 7.01. The van der Waals surface area contributed by atoms with Gasteiger partial charge >= 0.3 is 0 Å². The van der Waals surface area contributed by atoms with Crippen molar-refractivity contribution in [1.29, 1.82) is 0 Å². The van der Waals surface area contributed by atoms with E-state index in [4.69, 9.17) is 0 Å². The summed E-state index contributed by atoms with van der Waals surface area (Å²) >= 11 is 0. The Balaban J connectivity index is 1.78. The molecule has 0 aromatic rings. The predicted molar refractivity (Wildman–Crippen MR) is 68.1 cm³/mol. The minimum atomic E-state index is -0.501. The fourth-order valence-corrected chi connectivity index (χ4v) is 2.99. The third-order valence-electron chi connectivity index (χ3n) is 4.01. The Labute approximate surface area is 108 Å². The third kappa shape index (κ3) is 3.43. The largest absolute Gasteiger partial charge is 0.395 e. The summed E-state index contributed by atoms with van der Waals surface area (Å²) in [5.41, 5.74) is 0. The zero-order chi connectivity index (χ0) is 13.0. The van der Waals surface area contributed by atoms with Crippen molar-refractivity contribution in [3.8, 4) is 0 Å². The SMILES string of the molecule is O=C1CCCN1CC(O)CN1CCCC[C@@H]1CO. The van der Waals surface area contributed by atoms with E-state index in [9.17, 15) is 15.0 Å². The molecule has 1 unspecified atom stereocenters. The van der Waals surface area contributed by atoms with Crippen LogP contribution in [0, 0.1) is 0 Å². The van der Waals surface area contributed by atoms with Crippen molar-refractivity contribution >= 4 is 5.91 Å². The highest BCUT2D eigenvalue weighted by atomic mass is 16.3. The number of likely N-dealkylation sites (tertiary alicyclic amines) is 2. The van der Waals surface area contributed by atoms with Gasteiger partial charge in [-0.05, 0) is 25.8 Å². The van der Waals surface area contributed by atoms with Crippen LogP contribution in [0.3, 0.4) is 0 Å². The van der Waals surface area contributed by atoms with Gasteiger partial charge in [-0.25, -0.2) is 0 Å². The minimum absolute atomic E-state index is 0.159. The summed E-state index contributed by atoms with van der Waals surface area (Å²) in [7, 11) is 0. The molecule has 0 bridgehead atoms. The molecule has 2 atom stereocenters. The molecule has 2 aliphatic heterocycles. The standard InChI is InChI=1S/C13H24N2O3/c16-10-11-4-1-2-6-14(11)8-12(17)9-15-7-3-5-13(15)18/h11-12,16-17H,1-10H2/t11-,12?/m1/s1. The summed E-state index contributed by atoms with van der Waals surface area (Å²) < 4.78 is 0. The van der Waals surface area contributed by atoms with Crippen molar-refractivity contribution in [3.05, 3.63) is 0 Å². The summed E-state index contributed by atoms with van der Waals surface area (Å²) in [4.78, 5) is 15.4. The minimum Gasteiger partial charge on any atom is -0.395 e. The first-order chi connectivity index (χ1) is 8.70. The van der Waals surface area contributed by atoms with Crippen LogP contribution in [-0.4, -0.2) is 70.9 Å². The van der Waals surface area contributed by atoms with Crippen LogP contribution in [-0.2, 0) is 4.79 Å². The maximum absolute atomic E-state index is 11.5. The van der Waals surface area contributed by atoms with E-state index in [0.29, 0.717) is 19.5 Å². The van der Waals surface area contributed by atoms with E-state index in [-0.39, 0.29) is 18.6 Å². The van der Waals surface area contributed by atoms with Gasteiger partial charge in [-0.3, -0.25) is 9.69 Å². The molecule has 104 valence electrons. The Morgan fingerprint density at radius 1 is 1.22 bits per heavy atom. The van der Waals surface area contributed by atoms with E-state index >= 15 is 0 Å². The molecule has 2 N–H and O–H groups in total. The Bertz CT molecular complexity index is 285. The van der Waals surface area contributed by atoms with Crippen LogP contribution in [0.25, 0.3) is 0 Å². The second kappa shape index (κ2) is 6.50. The summed E-state index contributed by atoms with van der Waals surface area (Å²) in [5.74, 6) is 0.159. The average Bonchev–Trinajstić information content (AvgIpc) is 2.75. The molecular formula is C13H24N2O3. The molecule has 2 fully saturated rings. The van der Waals surface area contributed by atoms with E-state index in [1.807, 2.05) is 0 Å². The van der Waals surface area contributed by atoms with Gasteiger partial charge in [-0.1, -0.05) is 6.42 Å². The lowest BCUT2D eigenvalue weighted by Gasteiger charge is -2.36. The third-order valence-corrected chi connectivity index (χ3v) is 4.01. The van der Waals surface area contributed by atoms with Gasteiger partial charge in [0, 0.05) is 32.1 Å². The molecule has 5 heteroatoms. The van der Waals surface area contributed by atoms with Gasteiger partial charge in [0.2, 0.25) is 5.91 Å². The number of nitrogens with zero attached hydrogens (tertiary/aromatic N) is 2. The van der Waals surface area contributed by atoms with Crippen molar-refractivity contribution in [2.45, 2.75) is 44.2 Å². The van der Waals surface area contributed by atoms with Crippen LogP contribution in [0.5, 0.6) is 0 Å². The highest BCUT2D eigenvalue weighted by Gasteiger charge is 2.27. The van der Waals surface area contributed by atoms with Crippen molar-refractivity contribution in [1.82, 2.24) is 9.80 Å². The fourth-order valence-electron chi connectivity index (χ4n) is 2.99. The molecule has 0 aliphatic carbocycles. The van der Waals surface area contributed by atoms with E-state index in [1.165, 1.54) is 0 Å². The van der Waals surface area contributed by atoms with Crippen LogP contribution >= 0.6 is 0 Å². The van der Waals surface area contributed by atoms with Gasteiger partial charge < -0.3 is 15.1 Å². The lowest BCUT2D eigenvalue weighted by Crippen LogP contribution is -2.48. The topological polar surface area (TPSA) is 64.0 Å². The molecule has 2 saturated heterocycles. The Morgan fingerprint density at radius 3 is 2.72 bits per heavy atom.